The molecule has 1 saturated heterocycles. The molecule has 1 fully saturated rings. The molecule has 222 valence electrons. The Hall–Kier alpha value is -1.33. The lowest BCUT2D eigenvalue weighted by atomic mass is 9.75. The maximum absolute atomic E-state index is 14.1. The highest BCUT2D eigenvalue weighted by Crippen LogP contribution is 2.87. The fourth-order valence-corrected chi connectivity index (χ4v) is 4.48. The Morgan fingerprint density at radius 1 is 0.297 bits per heavy atom. The molecule has 25 heteroatoms. The van der Waals surface area contributed by atoms with E-state index in [1.54, 1.807) is 0 Å². The Morgan fingerprint density at radius 3 is 0.622 bits per heavy atom. The second kappa shape index (κ2) is 7.65. The zero-order valence-electron chi connectivity index (χ0n) is 15.5. The van der Waals surface area contributed by atoms with Crippen molar-refractivity contribution in [2.45, 2.75) is 69.7 Å². The SMILES string of the molecule is FC(F)(F)C(F)(F)C(F)(F)C(F)(F)C1(C(F)(F)F)SC1(C(F)(F)F)C(F)(F)C(F)(F)C(F)(F)C(F)(F)F. The van der Waals surface area contributed by atoms with E-state index in [0.717, 1.165) is 0 Å². The van der Waals surface area contributed by atoms with Gasteiger partial charge in [0, 0.05) is 0 Å². The molecule has 0 aromatic rings. The molecule has 0 spiro atoms. The summed E-state index contributed by atoms with van der Waals surface area (Å²) in [7, 11) is 0. The lowest BCUT2D eigenvalue weighted by molar-refractivity contribution is -0.429. The van der Waals surface area contributed by atoms with Gasteiger partial charge in [0.25, 0.3) is 0 Å². The molecule has 0 aliphatic carbocycles. The molecule has 0 aromatic carbocycles. The van der Waals surface area contributed by atoms with Gasteiger partial charge in [-0.2, -0.15) is 105 Å². The molecule has 1 aliphatic rings. The predicted octanol–water partition coefficient (Wildman–Crippen LogP) is 8.27. The zero-order chi connectivity index (χ0) is 30.7. The van der Waals surface area contributed by atoms with Gasteiger partial charge >= 0.3 is 60.2 Å². The first-order valence-electron chi connectivity index (χ1n) is 7.69. The van der Waals surface area contributed by atoms with Crippen molar-refractivity contribution in [3.05, 3.63) is 0 Å². The Kier molecular flexibility index (Phi) is 6.97. The van der Waals surface area contributed by atoms with Crippen LogP contribution in [-0.2, 0) is 0 Å². The number of halogens is 24. The Balaban J connectivity index is 4.27. The number of thioether (sulfide) groups is 1. The molecule has 0 N–H and O–H groups in total. The van der Waals surface area contributed by atoms with Gasteiger partial charge < -0.3 is 0 Å². The largest absolute Gasteiger partial charge is 0.460 e. The van der Waals surface area contributed by atoms with Crippen LogP contribution in [0, 0.1) is 0 Å². The van der Waals surface area contributed by atoms with Gasteiger partial charge in [-0.25, -0.2) is 0 Å². The average Bonchev–Trinajstić information content (AvgIpc) is 3.33. The first kappa shape index (κ1) is 33.7. The molecule has 1 heterocycles. The van der Waals surface area contributed by atoms with Crippen molar-refractivity contribution in [2.24, 2.45) is 0 Å². The van der Waals surface area contributed by atoms with Gasteiger partial charge in [-0.05, 0) is 0 Å². The fourth-order valence-electron chi connectivity index (χ4n) is 2.84. The van der Waals surface area contributed by atoms with E-state index in [4.69, 9.17) is 0 Å². The van der Waals surface area contributed by atoms with Gasteiger partial charge in [0.2, 0.25) is 9.49 Å². The Bertz CT molecular complexity index is 809. The van der Waals surface area contributed by atoms with Crippen molar-refractivity contribution < 1.29 is 105 Å². The molecular weight excluding hydrogens is 632 g/mol. The summed E-state index contributed by atoms with van der Waals surface area (Å²) < 4.78 is 298. The molecule has 1 rings (SSSR count). The molecule has 0 amide bonds. The van der Waals surface area contributed by atoms with Gasteiger partial charge in [-0.3, -0.25) is 0 Å². The molecule has 2 atom stereocenters. The summed E-state index contributed by atoms with van der Waals surface area (Å²) in [5.74, 6) is -52.8. The Labute approximate surface area is 188 Å². The lowest BCUT2D eigenvalue weighted by Gasteiger charge is -2.43. The van der Waals surface area contributed by atoms with Gasteiger partial charge in [-0.1, -0.05) is 0 Å². The van der Waals surface area contributed by atoms with Crippen molar-refractivity contribution in [2.75, 3.05) is 0 Å². The molecule has 0 saturated carbocycles. The third-order valence-electron chi connectivity index (χ3n) is 4.73. The van der Waals surface area contributed by atoms with Crippen molar-refractivity contribution >= 4 is 11.8 Å². The second-order valence-corrected chi connectivity index (χ2v) is 8.33. The standard InChI is InChI=1S/C12F24S/c13-3(14,5(17,18)7(21,22)11(31,32)33)1(9(25,26)27)2(37-1,10(28,29)30)4(15,16)6(19,20)8(23,24)12(34,35)36. The molecular formula is C12F24S. The van der Waals surface area contributed by atoms with Crippen LogP contribution in [0.15, 0.2) is 0 Å². The number of hydrogen-bond acceptors (Lipinski definition) is 1. The molecule has 1 aliphatic heterocycles. The van der Waals surface area contributed by atoms with Gasteiger partial charge in [-0.15, -0.1) is 11.8 Å². The van der Waals surface area contributed by atoms with E-state index in [-0.39, 0.29) is 0 Å². The quantitative estimate of drug-likeness (QED) is 0.210. The van der Waals surface area contributed by atoms with E-state index in [0.29, 0.717) is 0 Å². The van der Waals surface area contributed by atoms with Gasteiger partial charge in [0.05, 0.1) is 0 Å². The van der Waals surface area contributed by atoms with E-state index in [1.807, 2.05) is 0 Å². The van der Waals surface area contributed by atoms with Crippen molar-refractivity contribution in [3.8, 4) is 0 Å². The van der Waals surface area contributed by atoms with E-state index in [1.165, 1.54) is 0 Å². The van der Waals surface area contributed by atoms with Crippen molar-refractivity contribution in [3.63, 3.8) is 0 Å². The highest BCUT2D eigenvalue weighted by atomic mass is 32.2. The van der Waals surface area contributed by atoms with Crippen LogP contribution in [-0.4, -0.2) is 69.7 Å². The summed E-state index contributed by atoms with van der Waals surface area (Å²) in [6.07, 6.45) is -33.0. The molecule has 2 unspecified atom stereocenters. The van der Waals surface area contributed by atoms with Crippen LogP contribution in [0.2, 0.25) is 0 Å². The molecule has 0 aromatic heterocycles. The first-order valence-corrected chi connectivity index (χ1v) is 8.51. The second-order valence-electron chi connectivity index (χ2n) is 6.90. The molecule has 0 bridgehead atoms. The van der Waals surface area contributed by atoms with Crippen molar-refractivity contribution in [1.82, 2.24) is 0 Å². The number of alkyl halides is 24. The summed E-state index contributed by atoms with van der Waals surface area (Å²) in [5.41, 5.74) is 0. The van der Waals surface area contributed by atoms with Crippen molar-refractivity contribution in [1.29, 1.82) is 0 Å². The van der Waals surface area contributed by atoms with Crippen LogP contribution in [0.25, 0.3) is 0 Å². The third-order valence-corrected chi connectivity index (χ3v) is 6.73. The minimum atomic E-state index is -8.93. The predicted molar refractivity (Wildman–Crippen MR) is 67.0 cm³/mol. The summed E-state index contributed by atoms with van der Waals surface area (Å²) in [6.45, 7) is 0. The number of rotatable bonds is 6. The smallest absolute Gasteiger partial charge is 0.198 e. The van der Waals surface area contributed by atoms with E-state index >= 15 is 0 Å². The van der Waals surface area contributed by atoms with E-state index < -0.39 is 81.5 Å². The highest BCUT2D eigenvalue weighted by Gasteiger charge is 3.11. The maximum Gasteiger partial charge on any atom is 0.460 e. The lowest BCUT2D eigenvalue weighted by Crippen LogP contribution is -2.76. The van der Waals surface area contributed by atoms with E-state index in [9.17, 15) is 105 Å². The molecule has 0 radical (unpaired) electrons. The minimum Gasteiger partial charge on any atom is -0.198 e. The van der Waals surface area contributed by atoms with Crippen LogP contribution in [0.5, 0.6) is 0 Å². The zero-order valence-corrected chi connectivity index (χ0v) is 16.3. The van der Waals surface area contributed by atoms with Gasteiger partial charge in [0.1, 0.15) is 0 Å². The molecule has 0 nitrogen and oxygen atoms in total. The van der Waals surface area contributed by atoms with Crippen LogP contribution in [0.1, 0.15) is 0 Å². The van der Waals surface area contributed by atoms with E-state index in [2.05, 4.69) is 0 Å². The summed E-state index contributed by atoms with van der Waals surface area (Å²) in [4.78, 5) is 0. The average molecular weight is 632 g/mol. The minimum absolute atomic E-state index is 3.74. The number of hydrogen-bond donors (Lipinski definition) is 0. The highest BCUT2D eigenvalue weighted by molar-refractivity contribution is 8.10. The van der Waals surface area contributed by atoms with Crippen LogP contribution in [0.4, 0.5) is 105 Å². The van der Waals surface area contributed by atoms with Crippen LogP contribution in [0.3, 0.4) is 0 Å². The maximum atomic E-state index is 14.1. The van der Waals surface area contributed by atoms with Crippen LogP contribution < -0.4 is 0 Å². The first-order chi connectivity index (χ1) is 15.5. The molecule has 37 heavy (non-hydrogen) atoms. The third kappa shape index (κ3) is 3.58. The monoisotopic (exact) mass is 632 g/mol. The van der Waals surface area contributed by atoms with Gasteiger partial charge in [0.15, 0.2) is 0 Å². The Morgan fingerprint density at radius 2 is 0.486 bits per heavy atom. The topological polar surface area (TPSA) is 0 Å². The summed E-state index contributed by atoms with van der Waals surface area (Å²) in [5, 5.41) is 0. The summed E-state index contributed by atoms with van der Waals surface area (Å²) in [6, 6.07) is 0. The van der Waals surface area contributed by atoms with Crippen LogP contribution >= 0.6 is 11.8 Å². The fraction of sp³-hybridized carbons (Fsp3) is 1.00. The summed E-state index contributed by atoms with van der Waals surface area (Å²) >= 11 is -3.74. The normalized spacial score (nSPS) is 25.9.